The van der Waals surface area contributed by atoms with Gasteiger partial charge in [0.15, 0.2) is 0 Å². The van der Waals surface area contributed by atoms with Gasteiger partial charge in [-0.25, -0.2) is 4.79 Å². The Morgan fingerprint density at radius 3 is 2.82 bits per heavy atom. The average Bonchev–Trinajstić information content (AvgIpc) is 2.33. The highest BCUT2D eigenvalue weighted by molar-refractivity contribution is 5.78. The van der Waals surface area contributed by atoms with Crippen molar-refractivity contribution >= 4 is 5.97 Å². The summed E-state index contributed by atoms with van der Waals surface area (Å²) in [5, 5.41) is 3.11. The van der Waals surface area contributed by atoms with Gasteiger partial charge >= 0.3 is 5.97 Å². The van der Waals surface area contributed by atoms with Gasteiger partial charge in [-0.3, -0.25) is 5.32 Å². The lowest BCUT2D eigenvalue weighted by molar-refractivity contribution is -0.143. The molecule has 0 aliphatic rings. The fraction of sp³-hybridized carbons (Fsp3) is 0.357. The Bertz CT molecular complexity index is 413. The van der Waals surface area contributed by atoms with Gasteiger partial charge in [0, 0.05) is 6.54 Å². The van der Waals surface area contributed by atoms with Gasteiger partial charge in [0.05, 0.1) is 7.11 Å². The molecule has 1 aromatic carbocycles. The SMILES string of the molecule is C=CCNC(C(=O)OC)c1cc(C)ccc1C. The maximum absolute atomic E-state index is 11.8. The van der Waals surface area contributed by atoms with Crippen molar-refractivity contribution in [1.29, 1.82) is 0 Å². The number of rotatable bonds is 5. The summed E-state index contributed by atoms with van der Waals surface area (Å²) in [7, 11) is 1.40. The van der Waals surface area contributed by atoms with Gasteiger partial charge in [-0.05, 0) is 25.0 Å². The molecule has 0 spiro atoms. The van der Waals surface area contributed by atoms with E-state index in [9.17, 15) is 4.79 Å². The smallest absolute Gasteiger partial charge is 0.327 e. The van der Waals surface area contributed by atoms with Crippen molar-refractivity contribution in [1.82, 2.24) is 5.32 Å². The molecule has 0 fully saturated rings. The zero-order valence-corrected chi connectivity index (χ0v) is 10.6. The van der Waals surface area contributed by atoms with Crippen LogP contribution in [-0.2, 0) is 9.53 Å². The van der Waals surface area contributed by atoms with E-state index in [1.807, 2.05) is 32.0 Å². The predicted molar refractivity (Wildman–Crippen MR) is 68.9 cm³/mol. The van der Waals surface area contributed by atoms with Gasteiger partial charge in [0.1, 0.15) is 6.04 Å². The van der Waals surface area contributed by atoms with Gasteiger partial charge in [-0.2, -0.15) is 0 Å². The summed E-state index contributed by atoms with van der Waals surface area (Å²) < 4.78 is 4.82. The number of aryl methyl sites for hydroxylation is 2. The lowest BCUT2D eigenvalue weighted by atomic mass is 9.99. The minimum Gasteiger partial charge on any atom is -0.468 e. The molecule has 3 heteroatoms. The minimum atomic E-state index is -0.433. The Hall–Kier alpha value is -1.61. The van der Waals surface area contributed by atoms with E-state index in [0.29, 0.717) is 6.54 Å². The molecule has 0 aliphatic carbocycles. The Balaban J connectivity index is 3.06. The van der Waals surface area contributed by atoms with Gasteiger partial charge < -0.3 is 4.74 Å². The van der Waals surface area contributed by atoms with Crippen LogP contribution in [0.2, 0.25) is 0 Å². The van der Waals surface area contributed by atoms with Crippen molar-refractivity contribution in [3.05, 3.63) is 47.5 Å². The fourth-order valence-corrected chi connectivity index (χ4v) is 1.71. The van der Waals surface area contributed by atoms with Crippen LogP contribution in [0.3, 0.4) is 0 Å². The first kappa shape index (κ1) is 13.5. The number of hydrogen-bond donors (Lipinski definition) is 1. The molecule has 1 aromatic rings. The normalized spacial score (nSPS) is 11.9. The molecule has 17 heavy (non-hydrogen) atoms. The zero-order valence-electron chi connectivity index (χ0n) is 10.6. The number of hydrogen-bond acceptors (Lipinski definition) is 3. The first-order valence-corrected chi connectivity index (χ1v) is 5.59. The summed E-state index contributed by atoms with van der Waals surface area (Å²) in [6, 6.07) is 5.61. The Labute approximate surface area is 102 Å². The van der Waals surface area contributed by atoms with E-state index in [4.69, 9.17) is 4.74 Å². The summed E-state index contributed by atoms with van der Waals surface area (Å²) in [6.07, 6.45) is 1.72. The van der Waals surface area contributed by atoms with Crippen LogP contribution in [0.5, 0.6) is 0 Å². The van der Waals surface area contributed by atoms with Crippen LogP contribution in [0.15, 0.2) is 30.9 Å². The third-order valence-corrected chi connectivity index (χ3v) is 2.65. The molecular weight excluding hydrogens is 214 g/mol. The molecule has 0 bridgehead atoms. The van der Waals surface area contributed by atoms with E-state index in [2.05, 4.69) is 11.9 Å². The standard InChI is InChI=1S/C14H19NO2/c1-5-8-15-13(14(16)17-4)12-9-10(2)6-7-11(12)3/h5-7,9,13,15H,1,8H2,2-4H3. The van der Waals surface area contributed by atoms with Gasteiger partial charge in [-0.1, -0.05) is 29.8 Å². The number of carbonyl (C=O) groups is 1. The molecule has 0 heterocycles. The highest BCUT2D eigenvalue weighted by Gasteiger charge is 2.21. The minimum absolute atomic E-state index is 0.277. The van der Waals surface area contributed by atoms with E-state index in [1.54, 1.807) is 6.08 Å². The van der Waals surface area contributed by atoms with Gasteiger partial charge in [-0.15, -0.1) is 6.58 Å². The summed E-state index contributed by atoms with van der Waals surface area (Å²) in [6.45, 7) is 8.19. The highest BCUT2D eigenvalue weighted by Crippen LogP contribution is 2.20. The highest BCUT2D eigenvalue weighted by atomic mass is 16.5. The first-order chi connectivity index (χ1) is 8.10. The van der Waals surface area contributed by atoms with Gasteiger partial charge in [0.25, 0.3) is 0 Å². The van der Waals surface area contributed by atoms with Crippen LogP contribution in [0.1, 0.15) is 22.7 Å². The van der Waals surface area contributed by atoms with Crippen LogP contribution in [-0.4, -0.2) is 19.6 Å². The number of benzene rings is 1. The molecule has 0 aromatic heterocycles. The average molecular weight is 233 g/mol. The molecule has 0 saturated carbocycles. The molecule has 1 N–H and O–H groups in total. The van der Waals surface area contributed by atoms with Crippen molar-refractivity contribution in [3.63, 3.8) is 0 Å². The van der Waals surface area contributed by atoms with Crippen LogP contribution in [0.4, 0.5) is 0 Å². The Kier molecular flexibility index (Phi) is 4.91. The van der Waals surface area contributed by atoms with Crippen molar-refractivity contribution < 1.29 is 9.53 Å². The largest absolute Gasteiger partial charge is 0.468 e. The molecule has 92 valence electrons. The van der Waals surface area contributed by atoms with Crippen molar-refractivity contribution in [2.45, 2.75) is 19.9 Å². The molecular formula is C14H19NO2. The van der Waals surface area contributed by atoms with Crippen LogP contribution in [0, 0.1) is 13.8 Å². The molecule has 1 atom stereocenters. The van der Waals surface area contributed by atoms with E-state index >= 15 is 0 Å². The van der Waals surface area contributed by atoms with Gasteiger partial charge in [0.2, 0.25) is 0 Å². The van der Waals surface area contributed by atoms with Crippen molar-refractivity contribution in [2.75, 3.05) is 13.7 Å². The van der Waals surface area contributed by atoms with Crippen LogP contribution < -0.4 is 5.32 Å². The lowest BCUT2D eigenvalue weighted by Gasteiger charge is -2.18. The summed E-state index contributed by atoms with van der Waals surface area (Å²) in [4.78, 5) is 11.8. The first-order valence-electron chi connectivity index (χ1n) is 5.59. The molecule has 0 amide bonds. The topological polar surface area (TPSA) is 38.3 Å². The van der Waals surface area contributed by atoms with Crippen molar-refractivity contribution in [2.24, 2.45) is 0 Å². The second kappa shape index (κ2) is 6.21. The number of ether oxygens (including phenoxy) is 1. The number of nitrogens with one attached hydrogen (secondary N) is 1. The van der Waals surface area contributed by atoms with E-state index in [0.717, 1.165) is 16.7 Å². The summed E-state index contributed by atoms with van der Waals surface area (Å²) in [5.74, 6) is -0.277. The van der Waals surface area contributed by atoms with Crippen molar-refractivity contribution in [3.8, 4) is 0 Å². The summed E-state index contributed by atoms with van der Waals surface area (Å²) >= 11 is 0. The van der Waals surface area contributed by atoms with Crippen LogP contribution >= 0.6 is 0 Å². The molecule has 0 aliphatic heterocycles. The van der Waals surface area contributed by atoms with E-state index in [1.165, 1.54) is 7.11 Å². The molecule has 3 nitrogen and oxygen atoms in total. The Morgan fingerprint density at radius 2 is 2.24 bits per heavy atom. The Morgan fingerprint density at radius 1 is 1.53 bits per heavy atom. The summed E-state index contributed by atoms with van der Waals surface area (Å²) in [5.41, 5.74) is 3.15. The third-order valence-electron chi connectivity index (χ3n) is 2.65. The predicted octanol–water partition coefficient (Wildman–Crippen LogP) is 2.29. The number of methoxy groups -OCH3 is 1. The van der Waals surface area contributed by atoms with E-state index in [-0.39, 0.29) is 5.97 Å². The maximum Gasteiger partial charge on any atom is 0.327 e. The van der Waals surface area contributed by atoms with Crippen LogP contribution in [0.25, 0.3) is 0 Å². The number of carbonyl (C=O) groups excluding carboxylic acids is 1. The molecule has 1 unspecified atom stereocenters. The lowest BCUT2D eigenvalue weighted by Crippen LogP contribution is -2.30. The maximum atomic E-state index is 11.8. The second-order valence-corrected chi connectivity index (χ2v) is 4.01. The molecule has 0 radical (unpaired) electrons. The molecule has 0 saturated heterocycles. The third kappa shape index (κ3) is 3.43. The monoisotopic (exact) mass is 233 g/mol. The zero-order chi connectivity index (χ0) is 12.8. The number of esters is 1. The second-order valence-electron chi connectivity index (χ2n) is 4.01. The molecule has 1 rings (SSSR count). The quantitative estimate of drug-likeness (QED) is 0.626. The fourth-order valence-electron chi connectivity index (χ4n) is 1.71. The van der Waals surface area contributed by atoms with E-state index < -0.39 is 6.04 Å².